The minimum atomic E-state index is 0.401. The van der Waals surface area contributed by atoms with Gasteiger partial charge >= 0.3 is 0 Å². The second-order valence-electron chi connectivity index (χ2n) is 9.88. The van der Waals surface area contributed by atoms with E-state index in [0.29, 0.717) is 11.8 Å². The summed E-state index contributed by atoms with van der Waals surface area (Å²) in [5.41, 5.74) is 8.76. The van der Waals surface area contributed by atoms with Crippen LogP contribution >= 0.6 is 0 Å². The van der Waals surface area contributed by atoms with Crippen molar-refractivity contribution in [3.05, 3.63) is 113 Å². The van der Waals surface area contributed by atoms with Gasteiger partial charge in [-0.25, -0.2) is 0 Å². The zero-order valence-electron chi connectivity index (χ0n) is 22.2. The zero-order chi connectivity index (χ0) is 25.7. The molecular weight excluding hydrogens is 440 g/mol. The molecule has 0 fully saturated rings. The van der Waals surface area contributed by atoms with Crippen LogP contribution in [0.2, 0.25) is 0 Å². The van der Waals surface area contributed by atoms with Crippen LogP contribution in [0.5, 0.6) is 11.5 Å². The molecule has 0 spiro atoms. The second-order valence-corrected chi connectivity index (χ2v) is 9.88. The molecule has 0 radical (unpaired) electrons. The van der Waals surface area contributed by atoms with Gasteiger partial charge in [0.2, 0.25) is 0 Å². The van der Waals surface area contributed by atoms with E-state index >= 15 is 0 Å². The van der Waals surface area contributed by atoms with E-state index in [-0.39, 0.29) is 0 Å². The third-order valence-electron chi connectivity index (χ3n) is 6.41. The van der Waals surface area contributed by atoms with Gasteiger partial charge in [0.25, 0.3) is 0 Å². The highest BCUT2D eigenvalue weighted by Gasteiger charge is 2.14. The monoisotopic (exact) mass is 476 g/mol. The quantitative estimate of drug-likeness (QED) is 0.257. The normalized spacial score (nSPS) is 11.4. The first-order valence-electron chi connectivity index (χ1n) is 12.7. The number of para-hydroxylation sites is 5. The van der Waals surface area contributed by atoms with Crippen molar-refractivity contribution in [2.24, 2.45) is 4.99 Å². The molecule has 0 aliphatic rings. The lowest BCUT2D eigenvalue weighted by Gasteiger charge is -2.17. The summed E-state index contributed by atoms with van der Waals surface area (Å²) in [6.07, 6.45) is 1.98. The van der Waals surface area contributed by atoms with Crippen molar-refractivity contribution < 1.29 is 4.74 Å². The van der Waals surface area contributed by atoms with Gasteiger partial charge in [0.1, 0.15) is 5.75 Å². The molecule has 4 rings (SSSR count). The highest BCUT2D eigenvalue weighted by molar-refractivity contribution is 5.91. The smallest absolute Gasteiger partial charge is 0.150 e. The first-order valence-corrected chi connectivity index (χ1v) is 12.7. The van der Waals surface area contributed by atoms with Crippen LogP contribution in [0, 0.1) is 13.8 Å². The Hall–Kier alpha value is -3.85. The van der Waals surface area contributed by atoms with E-state index in [1.54, 1.807) is 0 Å². The molecule has 3 heteroatoms. The van der Waals surface area contributed by atoms with Crippen LogP contribution in [0.4, 0.5) is 17.1 Å². The highest BCUT2D eigenvalue weighted by atomic mass is 16.5. The highest BCUT2D eigenvalue weighted by Crippen LogP contribution is 2.37. The Labute approximate surface area is 215 Å². The Morgan fingerprint density at radius 1 is 0.667 bits per heavy atom. The summed E-state index contributed by atoms with van der Waals surface area (Å²) in [4.78, 5) is 5.04. The number of aryl methyl sites for hydroxylation is 2. The predicted octanol–water partition coefficient (Wildman–Crippen LogP) is 9.84. The van der Waals surface area contributed by atoms with E-state index in [9.17, 15) is 0 Å². The van der Waals surface area contributed by atoms with Gasteiger partial charge in [-0.2, -0.15) is 0 Å². The van der Waals surface area contributed by atoms with Crippen LogP contribution in [0.25, 0.3) is 0 Å². The molecule has 4 aromatic rings. The second kappa shape index (κ2) is 11.3. The number of nitrogens with zero attached hydrogens (tertiary/aromatic N) is 1. The third kappa shape index (κ3) is 5.68. The topological polar surface area (TPSA) is 33.6 Å². The maximum absolute atomic E-state index is 6.40. The van der Waals surface area contributed by atoms with Gasteiger partial charge in [0, 0.05) is 17.5 Å². The van der Waals surface area contributed by atoms with Crippen LogP contribution in [-0.2, 0) is 0 Å². The molecule has 36 heavy (non-hydrogen) atoms. The Morgan fingerprint density at radius 2 is 1.22 bits per heavy atom. The molecule has 184 valence electrons. The molecule has 4 aromatic carbocycles. The van der Waals surface area contributed by atoms with Gasteiger partial charge in [-0.1, -0.05) is 94.4 Å². The van der Waals surface area contributed by atoms with Gasteiger partial charge < -0.3 is 10.1 Å². The maximum Gasteiger partial charge on any atom is 0.150 e. The summed E-state index contributed by atoms with van der Waals surface area (Å²) in [5.74, 6) is 2.48. The fourth-order valence-corrected chi connectivity index (χ4v) is 4.39. The minimum Gasteiger partial charge on any atom is -0.455 e. The van der Waals surface area contributed by atoms with Crippen LogP contribution in [0.1, 0.15) is 67.3 Å². The number of benzene rings is 4. The summed E-state index contributed by atoms with van der Waals surface area (Å²) in [6, 6.07) is 29.0. The van der Waals surface area contributed by atoms with E-state index in [1.807, 2.05) is 42.6 Å². The molecule has 0 saturated carbocycles. The van der Waals surface area contributed by atoms with Gasteiger partial charge in [0.15, 0.2) is 5.75 Å². The summed E-state index contributed by atoms with van der Waals surface area (Å²) < 4.78 is 6.40. The Balaban J connectivity index is 1.68. The minimum absolute atomic E-state index is 0.401. The first kappa shape index (κ1) is 25.2. The number of anilines is 2. The average molecular weight is 477 g/mol. The summed E-state index contributed by atoms with van der Waals surface area (Å²) in [7, 11) is 0. The van der Waals surface area contributed by atoms with Crippen molar-refractivity contribution in [2.45, 2.75) is 53.4 Å². The van der Waals surface area contributed by atoms with Gasteiger partial charge in [-0.3, -0.25) is 4.99 Å². The average Bonchev–Trinajstić information content (AvgIpc) is 2.86. The van der Waals surface area contributed by atoms with E-state index in [1.165, 1.54) is 11.1 Å². The predicted molar refractivity (Wildman–Crippen MR) is 154 cm³/mol. The molecule has 0 unspecified atom stereocenters. The van der Waals surface area contributed by atoms with Gasteiger partial charge in [0.05, 0.1) is 11.4 Å². The van der Waals surface area contributed by atoms with Crippen molar-refractivity contribution in [2.75, 3.05) is 5.32 Å². The molecular formula is C33H36N2O. The Morgan fingerprint density at radius 3 is 1.86 bits per heavy atom. The fourth-order valence-electron chi connectivity index (χ4n) is 4.39. The number of hydrogen-bond donors (Lipinski definition) is 1. The molecule has 0 aromatic heterocycles. The standard InChI is InChI=1S/C33H36N2O/c1-22(2)27-16-12-17-28(23(3)4)32(27)34-21-26-15-7-8-18-29(26)35-30-19-9-10-20-31(30)36-33-24(5)13-11-14-25(33)6/h7-23,35H,1-6H3. The summed E-state index contributed by atoms with van der Waals surface area (Å²) in [5, 5.41) is 3.60. The largest absolute Gasteiger partial charge is 0.455 e. The van der Waals surface area contributed by atoms with E-state index < -0.39 is 0 Å². The lowest BCUT2D eigenvalue weighted by molar-refractivity contribution is 0.477. The number of ether oxygens (including phenoxy) is 1. The molecule has 0 atom stereocenters. The van der Waals surface area contributed by atoms with Crippen molar-refractivity contribution in [3.63, 3.8) is 0 Å². The van der Waals surface area contributed by atoms with Gasteiger partial charge in [-0.05, 0) is 66.1 Å². The van der Waals surface area contributed by atoms with E-state index in [4.69, 9.17) is 9.73 Å². The van der Waals surface area contributed by atoms with Gasteiger partial charge in [-0.15, -0.1) is 0 Å². The maximum atomic E-state index is 6.40. The zero-order valence-corrected chi connectivity index (χ0v) is 22.2. The van der Waals surface area contributed by atoms with Crippen molar-refractivity contribution >= 4 is 23.3 Å². The van der Waals surface area contributed by atoms with Crippen LogP contribution in [0.15, 0.2) is 89.9 Å². The van der Waals surface area contributed by atoms with Crippen LogP contribution in [0.3, 0.4) is 0 Å². The number of rotatable bonds is 8. The molecule has 0 bridgehead atoms. The number of nitrogens with one attached hydrogen (secondary N) is 1. The molecule has 0 heterocycles. The van der Waals surface area contributed by atoms with Crippen molar-refractivity contribution in [3.8, 4) is 11.5 Å². The Bertz CT molecular complexity index is 1320. The number of hydrogen-bond acceptors (Lipinski definition) is 3. The van der Waals surface area contributed by atoms with Crippen molar-refractivity contribution in [1.29, 1.82) is 0 Å². The molecule has 0 aliphatic heterocycles. The lowest BCUT2D eigenvalue weighted by atomic mass is 9.93. The number of aliphatic imine (C=N–C) groups is 1. The fraction of sp³-hybridized carbons (Fsp3) is 0.242. The molecule has 1 N–H and O–H groups in total. The SMILES string of the molecule is Cc1cccc(C)c1Oc1ccccc1Nc1ccccc1C=Nc1c(C(C)C)cccc1C(C)C. The molecule has 0 amide bonds. The van der Waals surface area contributed by atoms with E-state index in [0.717, 1.165) is 45.3 Å². The summed E-state index contributed by atoms with van der Waals surface area (Å²) >= 11 is 0. The summed E-state index contributed by atoms with van der Waals surface area (Å²) in [6.45, 7) is 13.0. The van der Waals surface area contributed by atoms with Crippen LogP contribution in [-0.4, -0.2) is 6.21 Å². The van der Waals surface area contributed by atoms with Crippen molar-refractivity contribution in [1.82, 2.24) is 0 Å². The molecule has 0 aliphatic carbocycles. The van der Waals surface area contributed by atoms with Crippen LogP contribution < -0.4 is 10.1 Å². The molecule has 3 nitrogen and oxygen atoms in total. The molecule has 0 saturated heterocycles. The Kier molecular flexibility index (Phi) is 7.90. The first-order chi connectivity index (χ1) is 17.3. The lowest BCUT2D eigenvalue weighted by Crippen LogP contribution is -1.99. The third-order valence-corrected chi connectivity index (χ3v) is 6.41. The van der Waals surface area contributed by atoms with E-state index in [2.05, 4.69) is 95.4 Å².